The first-order chi connectivity index (χ1) is 6.67. The minimum atomic E-state index is 0.471. The van der Waals surface area contributed by atoms with E-state index in [-0.39, 0.29) is 0 Å². The molecule has 0 unspecified atom stereocenters. The second-order valence-corrected chi connectivity index (χ2v) is 2.67. The summed E-state index contributed by atoms with van der Waals surface area (Å²) in [4.78, 5) is 0. The summed E-state index contributed by atoms with van der Waals surface area (Å²) in [6.07, 6.45) is 3.31. The zero-order valence-corrected chi connectivity index (χ0v) is 9.02. The molecule has 0 aliphatic heterocycles. The van der Waals surface area contributed by atoms with Gasteiger partial charge in [0.15, 0.2) is 0 Å². The highest BCUT2D eigenvalue weighted by molar-refractivity contribution is 6.03. The lowest BCUT2D eigenvalue weighted by Crippen LogP contribution is -2.18. The summed E-state index contributed by atoms with van der Waals surface area (Å²) >= 11 is 0. The molecule has 4 heteroatoms. The maximum atomic E-state index is 7.54. The summed E-state index contributed by atoms with van der Waals surface area (Å²) in [6, 6.07) is 0. The summed E-state index contributed by atoms with van der Waals surface area (Å²) in [7, 11) is 1.73. The predicted molar refractivity (Wildman–Crippen MR) is 61.9 cm³/mol. The fraction of sp³-hybridized carbons (Fsp3) is 0.400. The number of nitrogens with one attached hydrogen (secondary N) is 3. The number of hydrogen-bond acceptors (Lipinski definition) is 4. The number of rotatable bonds is 6. The van der Waals surface area contributed by atoms with Gasteiger partial charge in [-0.3, -0.25) is 0 Å². The molecule has 78 valence electrons. The van der Waals surface area contributed by atoms with Crippen molar-refractivity contribution < 1.29 is 0 Å². The van der Waals surface area contributed by atoms with Crippen molar-refractivity contribution in [1.29, 1.82) is 5.41 Å². The van der Waals surface area contributed by atoms with Gasteiger partial charge in [0, 0.05) is 24.9 Å². The van der Waals surface area contributed by atoms with Crippen molar-refractivity contribution >= 4 is 11.9 Å². The van der Waals surface area contributed by atoms with Crippen molar-refractivity contribution in [2.24, 2.45) is 5.10 Å². The fourth-order valence-electron chi connectivity index (χ4n) is 0.995. The van der Waals surface area contributed by atoms with Crippen LogP contribution in [0.3, 0.4) is 0 Å². The zero-order chi connectivity index (χ0) is 11.0. The van der Waals surface area contributed by atoms with Gasteiger partial charge in [-0.05, 0) is 13.8 Å². The SMILES string of the molecule is C=C/C(C(C)=N)=C(\C=N/NC)NCC. The highest BCUT2D eigenvalue weighted by Crippen LogP contribution is 2.02. The molecule has 0 spiro atoms. The van der Waals surface area contributed by atoms with Gasteiger partial charge in [0.25, 0.3) is 0 Å². The molecule has 14 heavy (non-hydrogen) atoms. The first kappa shape index (κ1) is 12.4. The Labute approximate surface area is 85.3 Å². The second kappa shape index (κ2) is 6.88. The first-order valence-corrected chi connectivity index (χ1v) is 4.53. The average molecular weight is 194 g/mol. The van der Waals surface area contributed by atoms with Crippen LogP contribution in [-0.4, -0.2) is 25.5 Å². The number of allylic oxidation sites excluding steroid dienone is 3. The Kier molecular flexibility index (Phi) is 6.11. The molecule has 3 N–H and O–H groups in total. The Hall–Kier alpha value is -1.58. The van der Waals surface area contributed by atoms with Crippen LogP contribution in [0.2, 0.25) is 0 Å². The maximum absolute atomic E-state index is 7.54. The van der Waals surface area contributed by atoms with Gasteiger partial charge in [-0.1, -0.05) is 12.7 Å². The lowest BCUT2D eigenvalue weighted by atomic mass is 10.1. The zero-order valence-electron chi connectivity index (χ0n) is 9.02. The van der Waals surface area contributed by atoms with Crippen LogP contribution < -0.4 is 10.7 Å². The second-order valence-electron chi connectivity index (χ2n) is 2.67. The lowest BCUT2D eigenvalue weighted by Gasteiger charge is -2.08. The molecule has 0 aromatic rings. The summed E-state index contributed by atoms with van der Waals surface area (Å²) in [5.74, 6) is 0. The third-order valence-corrected chi connectivity index (χ3v) is 1.59. The molecule has 0 rings (SSSR count). The summed E-state index contributed by atoms with van der Waals surface area (Å²) < 4.78 is 0. The monoisotopic (exact) mass is 194 g/mol. The van der Waals surface area contributed by atoms with Crippen molar-refractivity contribution in [3.63, 3.8) is 0 Å². The third kappa shape index (κ3) is 3.89. The smallest absolute Gasteiger partial charge is 0.0706 e. The molecular weight excluding hydrogens is 176 g/mol. The summed E-state index contributed by atoms with van der Waals surface area (Å²) in [6.45, 7) is 8.18. The largest absolute Gasteiger partial charge is 0.383 e. The van der Waals surface area contributed by atoms with E-state index in [2.05, 4.69) is 22.4 Å². The Morgan fingerprint density at radius 3 is 2.57 bits per heavy atom. The Morgan fingerprint density at radius 2 is 2.21 bits per heavy atom. The molecule has 0 aliphatic rings. The van der Waals surface area contributed by atoms with Crippen molar-refractivity contribution in [2.45, 2.75) is 13.8 Å². The molecule has 4 nitrogen and oxygen atoms in total. The van der Waals surface area contributed by atoms with Crippen molar-refractivity contribution in [1.82, 2.24) is 10.7 Å². The molecule has 0 fully saturated rings. The van der Waals surface area contributed by atoms with Gasteiger partial charge in [0.1, 0.15) is 0 Å². The minimum Gasteiger partial charge on any atom is -0.383 e. The third-order valence-electron chi connectivity index (χ3n) is 1.59. The first-order valence-electron chi connectivity index (χ1n) is 4.53. The van der Waals surface area contributed by atoms with Crippen LogP contribution in [0.1, 0.15) is 13.8 Å². The van der Waals surface area contributed by atoms with Gasteiger partial charge in [0.2, 0.25) is 0 Å². The van der Waals surface area contributed by atoms with Crippen molar-refractivity contribution in [3.05, 3.63) is 23.9 Å². The van der Waals surface area contributed by atoms with Crippen LogP contribution in [-0.2, 0) is 0 Å². The molecule has 0 heterocycles. The number of hydrogen-bond donors (Lipinski definition) is 3. The van der Waals surface area contributed by atoms with Crippen LogP contribution in [0.5, 0.6) is 0 Å². The molecule has 0 aliphatic carbocycles. The number of nitrogens with zero attached hydrogens (tertiary/aromatic N) is 1. The standard InChI is InChI=1S/C10H18N4/c1-5-9(8(3)11)10(13-6-2)7-14-12-4/h5,7,11-13H,1,6H2,2-4H3/b10-9-,11-8?,14-7-. The van der Waals surface area contributed by atoms with E-state index >= 15 is 0 Å². The highest BCUT2D eigenvalue weighted by Gasteiger charge is 2.02. The fourth-order valence-corrected chi connectivity index (χ4v) is 0.995. The van der Waals surface area contributed by atoms with E-state index in [0.717, 1.165) is 17.8 Å². The van der Waals surface area contributed by atoms with E-state index in [1.165, 1.54) is 0 Å². The quantitative estimate of drug-likeness (QED) is 0.339. The van der Waals surface area contributed by atoms with Crippen LogP contribution in [0, 0.1) is 5.41 Å². The molecule has 0 aromatic heterocycles. The minimum absolute atomic E-state index is 0.471. The van der Waals surface area contributed by atoms with E-state index in [4.69, 9.17) is 5.41 Å². The highest BCUT2D eigenvalue weighted by atomic mass is 15.3. The molecular formula is C10H18N4. The van der Waals surface area contributed by atoms with Crippen LogP contribution in [0.4, 0.5) is 0 Å². The topological polar surface area (TPSA) is 60.3 Å². The van der Waals surface area contributed by atoms with Crippen LogP contribution in [0.15, 0.2) is 29.0 Å². The van der Waals surface area contributed by atoms with Crippen LogP contribution >= 0.6 is 0 Å². The molecule has 0 bridgehead atoms. The average Bonchev–Trinajstić information content (AvgIpc) is 2.14. The Morgan fingerprint density at radius 1 is 1.57 bits per heavy atom. The van der Waals surface area contributed by atoms with E-state index < -0.39 is 0 Å². The van der Waals surface area contributed by atoms with E-state index in [9.17, 15) is 0 Å². The van der Waals surface area contributed by atoms with E-state index in [1.54, 1.807) is 26.3 Å². The predicted octanol–water partition coefficient (Wildman–Crippen LogP) is 1.28. The van der Waals surface area contributed by atoms with Gasteiger partial charge in [0.05, 0.1) is 11.9 Å². The van der Waals surface area contributed by atoms with Crippen molar-refractivity contribution in [2.75, 3.05) is 13.6 Å². The van der Waals surface area contributed by atoms with Gasteiger partial charge in [-0.2, -0.15) is 5.10 Å². The van der Waals surface area contributed by atoms with Gasteiger partial charge in [-0.25, -0.2) is 0 Å². The van der Waals surface area contributed by atoms with Crippen LogP contribution in [0.25, 0.3) is 0 Å². The molecule has 0 saturated carbocycles. The van der Waals surface area contributed by atoms with Crippen molar-refractivity contribution in [3.8, 4) is 0 Å². The molecule has 0 radical (unpaired) electrons. The van der Waals surface area contributed by atoms with E-state index in [1.807, 2.05) is 6.92 Å². The Bertz CT molecular complexity index is 263. The normalized spacial score (nSPS) is 12.2. The maximum Gasteiger partial charge on any atom is 0.0706 e. The lowest BCUT2D eigenvalue weighted by molar-refractivity contribution is 0.870. The molecule has 0 aromatic carbocycles. The van der Waals surface area contributed by atoms with Gasteiger partial charge < -0.3 is 16.2 Å². The molecule has 0 saturated heterocycles. The number of hydrazone groups is 1. The van der Waals surface area contributed by atoms with Gasteiger partial charge >= 0.3 is 0 Å². The summed E-state index contributed by atoms with van der Waals surface area (Å²) in [5.41, 5.74) is 4.71. The molecule has 0 atom stereocenters. The van der Waals surface area contributed by atoms with Gasteiger partial charge in [-0.15, -0.1) is 0 Å². The summed E-state index contributed by atoms with van der Waals surface area (Å²) in [5, 5.41) is 14.6. The van der Waals surface area contributed by atoms with E-state index in [0.29, 0.717) is 5.71 Å². The Balaban J connectivity index is 4.97. The molecule has 0 amide bonds.